The van der Waals surface area contributed by atoms with Crippen LogP contribution in [0.3, 0.4) is 0 Å². The maximum atomic E-state index is 5.84. The largest absolute Gasteiger partial charge is 0.492 e. The van der Waals surface area contributed by atoms with Crippen LogP contribution in [0.4, 0.5) is 0 Å². The fraction of sp³-hybridized carbons (Fsp3) is 0.467. The van der Waals surface area contributed by atoms with Crippen molar-refractivity contribution in [3.8, 4) is 5.75 Å². The molecule has 1 aromatic heterocycles. The standard InChI is InChI=1S/C15H22N4OS/c1-4-19-14(10-16)17-18-15(19)21-8-7-20-13-9-11(2)5-6-12(13)3/h5-6,9H,4,7-8,10,16H2,1-3H3. The van der Waals surface area contributed by atoms with Gasteiger partial charge >= 0.3 is 0 Å². The van der Waals surface area contributed by atoms with Crippen LogP contribution in [0.2, 0.25) is 0 Å². The highest BCUT2D eigenvalue weighted by molar-refractivity contribution is 7.99. The highest BCUT2D eigenvalue weighted by Gasteiger charge is 2.09. The molecule has 0 spiro atoms. The van der Waals surface area contributed by atoms with E-state index >= 15 is 0 Å². The van der Waals surface area contributed by atoms with Crippen molar-refractivity contribution in [3.05, 3.63) is 35.2 Å². The van der Waals surface area contributed by atoms with E-state index < -0.39 is 0 Å². The first-order valence-corrected chi connectivity index (χ1v) is 8.09. The second-order valence-corrected chi connectivity index (χ2v) is 5.88. The van der Waals surface area contributed by atoms with E-state index in [4.69, 9.17) is 10.5 Å². The molecule has 1 aromatic carbocycles. The summed E-state index contributed by atoms with van der Waals surface area (Å²) < 4.78 is 7.89. The molecule has 0 bridgehead atoms. The molecule has 0 radical (unpaired) electrons. The molecule has 0 saturated heterocycles. The summed E-state index contributed by atoms with van der Waals surface area (Å²) in [5, 5.41) is 9.17. The van der Waals surface area contributed by atoms with Crippen molar-refractivity contribution < 1.29 is 4.74 Å². The van der Waals surface area contributed by atoms with Gasteiger partial charge < -0.3 is 15.0 Å². The maximum Gasteiger partial charge on any atom is 0.191 e. The number of thioether (sulfide) groups is 1. The average molecular weight is 306 g/mol. The summed E-state index contributed by atoms with van der Waals surface area (Å²) in [6.07, 6.45) is 0. The first kappa shape index (κ1) is 15.9. The maximum absolute atomic E-state index is 5.84. The number of rotatable bonds is 7. The second kappa shape index (κ2) is 7.47. The molecule has 0 aliphatic heterocycles. The molecular formula is C15H22N4OS. The Bertz CT molecular complexity index is 597. The van der Waals surface area contributed by atoms with Gasteiger partial charge in [-0.15, -0.1) is 10.2 Å². The third-order valence-electron chi connectivity index (χ3n) is 3.21. The predicted octanol–water partition coefficient (Wildman–Crippen LogP) is 2.54. The molecule has 2 N–H and O–H groups in total. The fourth-order valence-electron chi connectivity index (χ4n) is 2.04. The van der Waals surface area contributed by atoms with Gasteiger partial charge in [-0.1, -0.05) is 23.9 Å². The minimum Gasteiger partial charge on any atom is -0.492 e. The van der Waals surface area contributed by atoms with Gasteiger partial charge in [0, 0.05) is 12.3 Å². The van der Waals surface area contributed by atoms with Crippen LogP contribution in [0.1, 0.15) is 23.9 Å². The van der Waals surface area contributed by atoms with E-state index in [1.807, 2.05) is 4.57 Å². The van der Waals surface area contributed by atoms with Crippen molar-refractivity contribution in [2.45, 2.75) is 39.0 Å². The summed E-state index contributed by atoms with van der Waals surface area (Å²) in [5.41, 5.74) is 8.01. The Kier molecular flexibility index (Phi) is 5.64. The molecule has 0 aliphatic rings. The summed E-state index contributed by atoms with van der Waals surface area (Å²) >= 11 is 1.65. The molecule has 0 fully saturated rings. The van der Waals surface area contributed by atoms with Gasteiger partial charge in [0.25, 0.3) is 0 Å². The zero-order chi connectivity index (χ0) is 15.2. The van der Waals surface area contributed by atoms with Crippen LogP contribution >= 0.6 is 11.8 Å². The molecular weight excluding hydrogens is 284 g/mol. The Morgan fingerprint density at radius 2 is 2.10 bits per heavy atom. The minimum absolute atomic E-state index is 0.417. The molecule has 2 aromatic rings. The van der Waals surface area contributed by atoms with Gasteiger partial charge in [-0.05, 0) is 38.0 Å². The van der Waals surface area contributed by atoms with Crippen LogP contribution in [-0.2, 0) is 13.1 Å². The van der Waals surface area contributed by atoms with Crippen molar-refractivity contribution in [2.75, 3.05) is 12.4 Å². The van der Waals surface area contributed by atoms with E-state index in [-0.39, 0.29) is 0 Å². The molecule has 21 heavy (non-hydrogen) atoms. The van der Waals surface area contributed by atoms with Gasteiger partial charge in [0.05, 0.1) is 13.2 Å². The molecule has 114 valence electrons. The van der Waals surface area contributed by atoms with Crippen LogP contribution in [-0.4, -0.2) is 27.1 Å². The predicted molar refractivity (Wildman–Crippen MR) is 85.7 cm³/mol. The highest BCUT2D eigenvalue weighted by atomic mass is 32.2. The van der Waals surface area contributed by atoms with Gasteiger partial charge in [0.15, 0.2) is 5.16 Å². The lowest BCUT2D eigenvalue weighted by Crippen LogP contribution is -2.08. The highest BCUT2D eigenvalue weighted by Crippen LogP contribution is 2.21. The van der Waals surface area contributed by atoms with Crippen molar-refractivity contribution in [1.29, 1.82) is 0 Å². The van der Waals surface area contributed by atoms with Crippen molar-refractivity contribution >= 4 is 11.8 Å². The monoisotopic (exact) mass is 306 g/mol. The van der Waals surface area contributed by atoms with Gasteiger partial charge in [0.1, 0.15) is 11.6 Å². The van der Waals surface area contributed by atoms with Crippen LogP contribution in [0.25, 0.3) is 0 Å². The topological polar surface area (TPSA) is 66.0 Å². The van der Waals surface area contributed by atoms with Crippen molar-refractivity contribution in [1.82, 2.24) is 14.8 Å². The number of aromatic nitrogens is 3. The Balaban J connectivity index is 1.87. The fourth-order valence-corrected chi connectivity index (χ4v) is 2.88. The summed E-state index contributed by atoms with van der Waals surface area (Å²) in [6.45, 7) is 8.09. The number of nitrogens with zero attached hydrogens (tertiary/aromatic N) is 3. The van der Waals surface area contributed by atoms with E-state index in [0.29, 0.717) is 13.2 Å². The number of ether oxygens (including phenoxy) is 1. The number of nitrogens with two attached hydrogens (primary N) is 1. The number of hydrogen-bond donors (Lipinski definition) is 1. The van der Waals surface area contributed by atoms with Gasteiger partial charge in [-0.25, -0.2) is 0 Å². The SMILES string of the molecule is CCn1c(CN)nnc1SCCOc1cc(C)ccc1C. The Hall–Kier alpha value is -1.53. The Morgan fingerprint density at radius 1 is 1.29 bits per heavy atom. The van der Waals surface area contributed by atoms with Crippen LogP contribution < -0.4 is 10.5 Å². The smallest absolute Gasteiger partial charge is 0.191 e. The van der Waals surface area contributed by atoms with Crippen molar-refractivity contribution in [3.63, 3.8) is 0 Å². The third kappa shape index (κ3) is 3.98. The Morgan fingerprint density at radius 3 is 2.81 bits per heavy atom. The second-order valence-electron chi connectivity index (χ2n) is 4.81. The van der Waals surface area contributed by atoms with E-state index in [1.165, 1.54) is 5.56 Å². The van der Waals surface area contributed by atoms with E-state index in [0.717, 1.165) is 34.6 Å². The summed E-state index contributed by atoms with van der Waals surface area (Å²) in [5.74, 6) is 2.61. The lowest BCUT2D eigenvalue weighted by atomic mass is 10.1. The zero-order valence-corrected chi connectivity index (χ0v) is 13.6. The molecule has 2 rings (SSSR count). The normalized spacial score (nSPS) is 10.9. The number of hydrogen-bond acceptors (Lipinski definition) is 5. The van der Waals surface area contributed by atoms with Gasteiger partial charge in [-0.2, -0.15) is 0 Å². The van der Waals surface area contributed by atoms with Gasteiger partial charge in [-0.3, -0.25) is 0 Å². The quantitative estimate of drug-likeness (QED) is 0.629. The average Bonchev–Trinajstić information content (AvgIpc) is 2.89. The van der Waals surface area contributed by atoms with E-state index in [1.54, 1.807) is 11.8 Å². The lowest BCUT2D eigenvalue weighted by molar-refractivity contribution is 0.341. The number of aryl methyl sites for hydroxylation is 2. The van der Waals surface area contributed by atoms with Gasteiger partial charge in [0.2, 0.25) is 0 Å². The third-order valence-corrected chi connectivity index (χ3v) is 4.14. The van der Waals surface area contributed by atoms with Crippen molar-refractivity contribution in [2.24, 2.45) is 5.73 Å². The molecule has 6 heteroatoms. The molecule has 0 atom stereocenters. The zero-order valence-electron chi connectivity index (χ0n) is 12.8. The summed E-state index contributed by atoms with van der Waals surface area (Å²) in [4.78, 5) is 0. The minimum atomic E-state index is 0.417. The Labute approximate surface area is 129 Å². The van der Waals surface area contributed by atoms with Crippen LogP contribution in [0, 0.1) is 13.8 Å². The molecule has 5 nitrogen and oxygen atoms in total. The number of benzene rings is 1. The first-order valence-electron chi connectivity index (χ1n) is 7.10. The molecule has 0 saturated carbocycles. The molecule has 1 heterocycles. The van der Waals surface area contributed by atoms with E-state index in [9.17, 15) is 0 Å². The molecule has 0 unspecified atom stereocenters. The summed E-state index contributed by atoms with van der Waals surface area (Å²) in [6, 6.07) is 6.25. The lowest BCUT2D eigenvalue weighted by Gasteiger charge is -2.10. The summed E-state index contributed by atoms with van der Waals surface area (Å²) in [7, 11) is 0. The van der Waals surface area contributed by atoms with E-state index in [2.05, 4.69) is 49.2 Å². The molecule has 0 amide bonds. The van der Waals surface area contributed by atoms with Crippen LogP contribution in [0.15, 0.2) is 23.4 Å². The van der Waals surface area contributed by atoms with Crippen LogP contribution in [0.5, 0.6) is 5.75 Å². The first-order chi connectivity index (χ1) is 10.2. The molecule has 0 aliphatic carbocycles.